The summed E-state index contributed by atoms with van der Waals surface area (Å²) < 4.78 is 5.49. The molecule has 6 heteroatoms. The molecule has 0 aliphatic heterocycles. The monoisotopic (exact) mass is 259 g/mol. The van der Waals surface area contributed by atoms with Crippen molar-refractivity contribution in [1.82, 2.24) is 15.0 Å². The van der Waals surface area contributed by atoms with Gasteiger partial charge in [-0.15, -0.1) is 0 Å². The number of nitrogen functional groups attached to an aromatic ring is 1. The second-order valence-corrected chi connectivity index (χ2v) is 4.99. The Balaban J connectivity index is 1.78. The van der Waals surface area contributed by atoms with Crippen LogP contribution in [0.2, 0.25) is 0 Å². The summed E-state index contributed by atoms with van der Waals surface area (Å²) in [6.45, 7) is 3.84. The summed E-state index contributed by atoms with van der Waals surface area (Å²) in [6, 6.07) is 1.67. The van der Waals surface area contributed by atoms with Crippen molar-refractivity contribution in [3.8, 4) is 0 Å². The summed E-state index contributed by atoms with van der Waals surface area (Å²) in [5, 5.41) is 3.25. The third kappa shape index (κ3) is 2.67. The van der Waals surface area contributed by atoms with Crippen molar-refractivity contribution in [2.45, 2.75) is 38.6 Å². The molecule has 0 aromatic carbocycles. The summed E-state index contributed by atoms with van der Waals surface area (Å²) in [4.78, 5) is 13.0. The summed E-state index contributed by atoms with van der Waals surface area (Å²) in [6.07, 6.45) is 4.01. The molecule has 1 aliphatic carbocycles. The highest BCUT2D eigenvalue weighted by Gasteiger charge is 2.27. The number of aryl methyl sites for hydroxylation is 1. The molecule has 100 valence electrons. The molecule has 1 fully saturated rings. The maximum atomic E-state index is 5.81. The number of anilines is 2. The van der Waals surface area contributed by atoms with Crippen molar-refractivity contribution >= 4 is 11.6 Å². The molecule has 0 amide bonds. The predicted molar refractivity (Wildman–Crippen MR) is 71.7 cm³/mol. The van der Waals surface area contributed by atoms with E-state index in [-0.39, 0.29) is 6.04 Å². The number of nitrogens with zero attached hydrogens (tertiary/aromatic N) is 3. The van der Waals surface area contributed by atoms with Crippen molar-refractivity contribution in [3.63, 3.8) is 0 Å². The molecule has 0 saturated heterocycles. The van der Waals surface area contributed by atoms with E-state index in [0.29, 0.717) is 17.6 Å². The first-order valence-corrected chi connectivity index (χ1v) is 6.45. The summed E-state index contributed by atoms with van der Waals surface area (Å²) in [5.74, 6) is 3.96. The van der Waals surface area contributed by atoms with Crippen molar-refractivity contribution < 1.29 is 4.42 Å². The molecular formula is C13H17N5O. The summed E-state index contributed by atoms with van der Waals surface area (Å²) in [7, 11) is 0. The maximum absolute atomic E-state index is 5.81. The van der Waals surface area contributed by atoms with E-state index in [1.807, 2.05) is 13.8 Å². The van der Waals surface area contributed by atoms with Gasteiger partial charge in [-0.1, -0.05) is 0 Å². The Hall–Kier alpha value is -2.11. The first kappa shape index (κ1) is 12.0. The van der Waals surface area contributed by atoms with Gasteiger partial charge in [-0.3, -0.25) is 0 Å². The van der Waals surface area contributed by atoms with Crippen LogP contribution in [0.3, 0.4) is 0 Å². The topological polar surface area (TPSA) is 89.9 Å². The smallest absolute Gasteiger partial charge is 0.216 e. The van der Waals surface area contributed by atoms with Gasteiger partial charge in [0.1, 0.15) is 29.3 Å². The van der Waals surface area contributed by atoms with Gasteiger partial charge >= 0.3 is 0 Å². The van der Waals surface area contributed by atoms with Crippen LogP contribution in [0.5, 0.6) is 0 Å². The fourth-order valence-corrected chi connectivity index (χ4v) is 1.94. The Kier molecular flexibility index (Phi) is 2.85. The van der Waals surface area contributed by atoms with Crippen LogP contribution in [0.25, 0.3) is 0 Å². The first-order valence-electron chi connectivity index (χ1n) is 6.45. The molecule has 0 bridgehead atoms. The third-order valence-electron chi connectivity index (χ3n) is 3.08. The van der Waals surface area contributed by atoms with E-state index in [1.54, 1.807) is 12.3 Å². The molecule has 1 atom stereocenters. The molecule has 2 heterocycles. The first-order chi connectivity index (χ1) is 9.11. The van der Waals surface area contributed by atoms with Crippen LogP contribution in [0.15, 0.2) is 16.7 Å². The quantitative estimate of drug-likeness (QED) is 0.876. The van der Waals surface area contributed by atoms with Gasteiger partial charge in [0.15, 0.2) is 0 Å². The van der Waals surface area contributed by atoms with Gasteiger partial charge in [0.05, 0.1) is 6.20 Å². The molecular weight excluding hydrogens is 242 g/mol. The molecule has 19 heavy (non-hydrogen) atoms. The van der Waals surface area contributed by atoms with Crippen LogP contribution in [0, 0.1) is 6.92 Å². The maximum Gasteiger partial charge on any atom is 0.216 e. The summed E-state index contributed by atoms with van der Waals surface area (Å²) in [5.41, 5.74) is 5.81. The standard InChI is InChI=1S/C13H17N5O/c1-7-6-15-13(19-7)8(2)16-11-5-10(14)17-12(18-11)9-3-4-9/h5-6,8-9H,3-4H2,1-2H3,(H3,14,16,17,18). The molecule has 1 saturated carbocycles. The van der Waals surface area contributed by atoms with Crippen LogP contribution < -0.4 is 11.1 Å². The van der Waals surface area contributed by atoms with Gasteiger partial charge in [0.25, 0.3) is 0 Å². The zero-order valence-corrected chi connectivity index (χ0v) is 11.1. The van der Waals surface area contributed by atoms with Gasteiger partial charge in [0, 0.05) is 12.0 Å². The SMILES string of the molecule is Cc1cnc(C(C)Nc2cc(N)nc(C3CC3)n2)o1. The molecule has 2 aromatic heterocycles. The van der Waals surface area contributed by atoms with Crippen molar-refractivity contribution in [1.29, 1.82) is 0 Å². The van der Waals surface area contributed by atoms with E-state index < -0.39 is 0 Å². The van der Waals surface area contributed by atoms with Gasteiger partial charge in [-0.05, 0) is 26.7 Å². The van der Waals surface area contributed by atoms with Crippen LogP contribution in [0.1, 0.15) is 49.2 Å². The number of hydrogen-bond donors (Lipinski definition) is 2. The lowest BCUT2D eigenvalue weighted by molar-refractivity contribution is 0.453. The molecule has 1 unspecified atom stereocenters. The lowest BCUT2D eigenvalue weighted by Crippen LogP contribution is -2.10. The second-order valence-electron chi connectivity index (χ2n) is 4.99. The van der Waals surface area contributed by atoms with Gasteiger partial charge in [0.2, 0.25) is 5.89 Å². The lowest BCUT2D eigenvalue weighted by atomic mass is 10.3. The average molecular weight is 259 g/mol. The Labute approximate surface area is 111 Å². The van der Waals surface area contributed by atoms with Crippen LogP contribution >= 0.6 is 0 Å². The highest BCUT2D eigenvalue weighted by molar-refractivity contribution is 5.46. The van der Waals surface area contributed by atoms with Gasteiger partial charge in [-0.25, -0.2) is 15.0 Å². The zero-order valence-electron chi connectivity index (χ0n) is 11.1. The number of rotatable bonds is 4. The van der Waals surface area contributed by atoms with E-state index in [2.05, 4.69) is 20.3 Å². The van der Waals surface area contributed by atoms with Gasteiger partial charge < -0.3 is 15.5 Å². The highest BCUT2D eigenvalue weighted by atomic mass is 16.4. The second kappa shape index (κ2) is 4.53. The zero-order chi connectivity index (χ0) is 13.4. The third-order valence-corrected chi connectivity index (χ3v) is 3.08. The number of nitrogens with two attached hydrogens (primary N) is 1. The van der Waals surface area contributed by atoms with Gasteiger partial charge in [-0.2, -0.15) is 0 Å². The fraction of sp³-hybridized carbons (Fsp3) is 0.462. The molecule has 0 radical (unpaired) electrons. The van der Waals surface area contributed by atoms with Crippen molar-refractivity contribution in [2.24, 2.45) is 0 Å². The highest BCUT2D eigenvalue weighted by Crippen LogP contribution is 2.38. The Morgan fingerprint density at radius 1 is 1.42 bits per heavy atom. The van der Waals surface area contributed by atoms with Crippen LogP contribution in [0.4, 0.5) is 11.6 Å². The predicted octanol–water partition coefficient (Wildman–Crippen LogP) is 2.41. The molecule has 3 N–H and O–H groups in total. The minimum Gasteiger partial charge on any atom is -0.444 e. The van der Waals surface area contributed by atoms with E-state index in [1.165, 1.54) is 0 Å². The Morgan fingerprint density at radius 3 is 2.84 bits per heavy atom. The molecule has 3 rings (SSSR count). The van der Waals surface area contributed by atoms with E-state index in [0.717, 1.165) is 30.2 Å². The largest absolute Gasteiger partial charge is 0.444 e. The molecule has 6 nitrogen and oxygen atoms in total. The fourth-order valence-electron chi connectivity index (χ4n) is 1.94. The van der Waals surface area contributed by atoms with Crippen molar-refractivity contribution in [3.05, 3.63) is 29.7 Å². The van der Waals surface area contributed by atoms with E-state index >= 15 is 0 Å². The number of aromatic nitrogens is 3. The Morgan fingerprint density at radius 2 is 2.21 bits per heavy atom. The minimum atomic E-state index is -0.0601. The minimum absolute atomic E-state index is 0.0601. The number of hydrogen-bond acceptors (Lipinski definition) is 6. The lowest BCUT2D eigenvalue weighted by Gasteiger charge is -2.12. The normalized spacial score (nSPS) is 16.3. The summed E-state index contributed by atoms with van der Waals surface area (Å²) >= 11 is 0. The van der Waals surface area contributed by atoms with E-state index in [4.69, 9.17) is 10.2 Å². The molecule has 1 aliphatic rings. The Bertz CT molecular complexity index is 590. The van der Waals surface area contributed by atoms with Crippen LogP contribution in [-0.2, 0) is 0 Å². The van der Waals surface area contributed by atoms with E-state index in [9.17, 15) is 0 Å². The number of oxazole rings is 1. The van der Waals surface area contributed by atoms with Crippen LogP contribution in [-0.4, -0.2) is 15.0 Å². The molecule has 0 spiro atoms. The average Bonchev–Trinajstić information content (AvgIpc) is 3.11. The number of nitrogens with one attached hydrogen (secondary N) is 1. The molecule has 2 aromatic rings. The van der Waals surface area contributed by atoms with Crippen molar-refractivity contribution in [2.75, 3.05) is 11.1 Å².